The molecule has 0 saturated heterocycles. The summed E-state index contributed by atoms with van der Waals surface area (Å²) >= 11 is 0. The normalized spacial score (nSPS) is 11.1. The summed E-state index contributed by atoms with van der Waals surface area (Å²) in [6.45, 7) is 0.767. The van der Waals surface area contributed by atoms with E-state index in [1.54, 1.807) is 6.33 Å². The number of rotatable bonds is 6. The molecule has 92 valence electrons. The summed E-state index contributed by atoms with van der Waals surface area (Å²) in [4.78, 5) is 15.6. The van der Waals surface area contributed by atoms with Gasteiger partial charge in [-0.2, -0.15) is 0 Å². The summed E-state index contributed by atoms with van der Waals surface area (Å²) in [6.07, 6.45) is 6.89. The molecule has 0 aliphatic heterocycles. The number of aryl methyl sites for hydroxylation is 1. The van der Waals surface area contributed by atoms with Gasteiger partial charge in [-0.05, 0) is 19.4 Å². The maximum Gasteiger partial charge on any atom is 0.183 e. The molecule has 0 unspecified atom stereocenters. The molecule has 0 radical (unpaired) electrons. The van der Waals surface area contributed by atoms with Crippen LogP contribution in [0.2, 0.25) is 0 Å². The highest BCUT2D eigenvalue weighted by Crippen LogP contribution is 2.14. The number of imidazole rings is 1. The fourth-order valence-electron chi connectivity index (χ4n) is 1.80. The van der Waals surface area contributed by atoms with Crippen molar-refractivity contribution in [1.82, 2.24) is 19.9 Å². The Kier molecular flexibility index (Phi) is 3.87. The number of anilines is 1. The van der Waals surface area contributed by atoms with Crippen molar-refractivity contribution in [1.29, 1.82) is 0 Å². The Morgan fingerprint density at radius 3 is 2.76 bits per heavy atom. The molecule has 17 heavy (non-hydrogen) atoms. The first kappa shape index (κ1) is 11.8. The number of nitrogen functional groups attached to an aromatic ring is 1. The van der Waals surface area contributed by atoms with E-state index in [1.807, 2.05) is 0 Å². The number of aromatic amines is 1. The van der Waals surface area contributed by atoms with Crippen LogP contribution in [0.5, 0.6) is 0 Å². The maximum atomic E-state index is 5.81. The minimum absolute atomic E-state index is 0.476. The van der Waals surface area contributed by atoms with Crippen molar-refractivity contribution in [3.8, 4) is 0 Å². The molecule has 2 rings (SSSR count). The van der Waals surface area contributed by atoms with Gasteiger partial charge in [0.25, 0.3) is 0 Å². The van der Waals surface area contributed by atoms with Crippen molar-refractivity contribution in [3.63, 3.8) is 0 Å². The van der Waals surface area contributed by atoms with Crippen molar-refractivity contribution in [3.05, 3.63) is 12.2 Å². The number of H-pyrrole nitrogens is 1. The molecular weight excluding hydrogens is 216 g/mol. The van der Waals surface area contributed by atoms with Crippen LogP contribution in [-0.2, 0) is 6.42 Å². The summed E-state index contributed by atoms with van der Waals surface area (Å²) < 4.78 is 0. The van der Waals surface area contributed by atoms with Crippen LogP contribution in [0.25, 0.3) is 11.2 Å². The summed E-state index contributed by atoms with van der Waals surface area (Å²) in [7, 11) is 0. The lowest BCUT2D eigenvalue weighted by Crippen LogP contribution is -2.02. The standard InChI is InChI=1S/C11H18N6/c12-6-4-2-1-3-5-8-16-10(13)9-11(17-8)15-7-14-9/h7H,1-6,12H2,(H3,13,14,15,16,17). The van der Waals surface area contributed by atoms with Gasteiger partial charge in [0, 0.05) is 6.42 Å². The maximum absolute atomic E-state index is 5.81. The Labute approximate surface area is 99.9 Å². The van der Waals surface area contributed by atoms with E-state index in [0.29, 0.717) is 11.5 Å². The molecular formula is C11H18N6. The minimum atomic E-state index is 0.476. The predicted octanol–water partition coefficient (Wildman–Crippen LogP) is 0.997. The molecule has 2 heterocycles. The third-order valence-electron chi connectivity index (χ3n) is 2.71. The number of fused-ring (bicyclic) bond motifs is 1. The molecule has 0 atom stereocenters. The Morgan fingerprint density at radius 2 is 1.94 bits per heavy atom. The van der Waals surface area contributed by atoms with Gasteiger partial charge in [-0.3, -0.25) is 0 Å². The second-order valence-corrected chi connectivity index (χ2v) is 4.08. The molecule has 2 aromatic rings. The van der Waals surface area contributed by atoms with E-state index >= 15 is 0 Å². The summed E-state index contributed by atoms with van der Waals surface area (Å²) in [6, 6.07) is 0. The van der Waals surface area contributed by atoms with Gasteiger partial charge in [0.2, 0.25) is 0 Å². The van der Waals surface area contributed by atoms with Crippen molar-refractivity contribution in [2.45, 2.75) is 32.1 Å². The second kappa shape index (κ2) is 5.58. The number of nitrogens with two attached hydrogens (primary N) is 2. The van der Waals surface area contributed by atoms with Crippen molar-refractivity contribution < 1.29 is 0 Å². The first-order valence-corrected chi connectivity index (χ1v) is 5.97. The van der Waals surface area contributed by atoms with Gasteiger partial charge >= 0.3 is 0 Å². The summed E-state index contributed by atoms with van der Waals surface area (Å²) in [5, 5.41) is 0. The van der Waals surface area contributed by atoms with E-state index < -0.39 is 0 Å². The zero-order valence-corrected chi connectivity index (χ0v) is 9.82. The van der Waals surface area contributed by atoms with Crippen molar-refractivity contribution in [2.24, 2.45) is 5.73 Å². The fraction of sp³-hybridized carbons (Fsp3) is 0.545. The quantitative estimate of drug-likeness (QED) is 0.646. The third kappa shape index (κ3) is 2.91. The summed E-state index contributed by atoms with van der Waals surface area (Å²) in [5.74, 6) is 1.25. The van der Waals surface area contributed by atoms with Gasteiger partial charge < -0.3 is 16.5 Å². The van der Waals surface area contributed by atoms with Crippen LogP contribution in [0.4, 0.5) is 5.82 Å². The first-order valence-electron chi connectivity index (χ1n) is 5.97. The van der Waals surface area contributed by atoms with E-state index in [1.165, 1.54) is 0 Å². The van der Waals surface area contributed by atoms with Gasteiger partial charge in [0.1, 0.15) is 11.3 Å². The van der Waals surface area contributed by atoms with Crippen LogP contribution < -0.4 is 11.5 Å². The first-order chi connectivity index (χ1) is 8.31. The highest BCUT2D eigenvalue weighted by molar-refractivity contribution is 5.80. The van der Waals surface area contributed by atoms with Crippen LogP contribution in [0, 0.1) is 0 Å². The second-order valence-electron chi connectivity index (χ2n) is 4.08. The number of hydrogen-bond acceptors (Lipinski definition) is 5. The molecule has 0 bridgehead atoms. The smallest absolute Gasteiger partial charge is 0.183 e. The van der Waals surface area contributed by atoms with Crippen LogP contribution in [0.15, 0.2) is 6.33 Å². The topological polar surface area (TPSA) is 106 Å². The van der Waals surface area contributed by atoms with Crippen LogP contribution >= 0.6 is 0 Å². The van der Waals surface area contributed by atoms with Crippen LogP contribution in [0.1, 0.15) is 31.5 Å². The van der Waals surface area contributed by atoms with Gasteiger partial charge in [-0.1, -0.05) is 12.8 Å². The fourth-order valence-corrected chi connectivity index (χ4v) is 1.80. The number of nitrogens with zero attached hydrogens (tertiary/aromatic N) is 3. The average Bonchev–Trinajstić information content (AvgIpc) is 2.77. The molecule has 6 heteroatoms. The lowest BCUT2D eigenvalue weighted by atomic mass is 10.1. The monoisotopic (exact) mass is 234 g/mol. The average molecular weight is 234 g/mol. The number of nitrogens with one attached hydrogen (secondary N) is 1. The third-order valence-corrected chi connectivity index (χ3v) is 2.71. The minimum Gasteiger partial charge on any atom is -0.382 e. The van der Waals surface area contributed by atoms with Crippen molar-refractivity contribution >= 4 is 17.0 Å². The zero-order valence-electron chi connectivity index (χ0n) is 9.82. The molecule has 2 aromatic heterocycles. The van der Waals surface area contributed by atoms with Gasteiger partial charge in [-0.15, -0.1) is 0 Å². The highest BCUT2D eigenvalue weighted by Gasteiger charge is 2.06. The Hall–Kier alpha value is -1.69. The van der Waals surface area contributed by atoms with E-state index in [-0.39, 0.29) is 0 Å². The molecule has 6 nitrogen and oxygen atoms in total. The molecule has 0 saturated carbocycles. The van der Waals surface area contributed by atoms with Gasteiger partial charge in [0.15, 0.2) is 11.5 Å². The molecule has 0 fully saturated rings. The lowest BCUT2D eigenvalue weighted by molar-refractivity contribution is 0.636. The Balaban J connectivity index is 1.94. The van der Waals surface area contributed by atoms with Gasteiger partial charge in [-0.25, -0.2) is 15.0 Å². The Morgan fingerprint density at radius 1 is 1.12 bits per heavy atom. The SMILES string of the molecule is NCCCCCCc1nc(N)c2[nH]cnc2n1. The Bertz CT molecular complexity index is 478. The molecule has 5 N–H and O–H groups in total. The van der Waals surface area contributed by atoms with Crippen molar-refractivity contribution in [2.75, 3.05) is 12.3 Å². The largest absolute Gasteiger partial charge is 0.382 e. The lowest BCUT2D eigenvalue weighted by Gasteiger charge is -2.02. The number of hydrogen-bond donors (Lipinski definition) is 3. The molecule has 0 aliphatic carbocycles. The number of unbranched alkanes of at least 4 members (excludes halogenated alkanes) is 3. The summed E-state index contributed by atoms with van der Waals surface area (Å²) in [5.41, 5.74) is 12.6. The van der Waals surface area contributed by atoms with E-state index in [4.69, 9.17) is 11.5 Å². The predicted molar refractivity (Wildman–Crippen MR) is 67.3 cm³/mol. The molecule has 0 amide bonds. The molecule has 0 aliphatic rings. The number of aromatic nitrogens is 4. The van der Waals surface area contributed by atoms with E-state index in [0.717, 1.165) is 50.0 Å². The van der Waals surface area contributed by atoms with Crippen LogP contribution in [0.3, 0.4) is 0 Å². The van der Waals surface area contributed by atoms with Gasteiger partial charge in [0.05, 0.1) is 6.33 Å². The molecule has 0 spiro atoms. The van der Waals surface area contributed by atoms with E-state index in [2.05, 4.69) is 19.9 Å². The highest BCUT2D eigenvalue weighted by atomic mass is 15.0. The van der Waals surface area contributed by atoms with Crippen LogP contribution in [-0.4, -0.2) is 26.5 Å². The zero-order chi connectivity index (χ0) is 12.1. The molecule has 0 aromatic carbocycles. The van der Waals surface area contributed by atoms with E-state index in [9.17, 15) is 0 Å².